The lowest BCUT2D eigenvalue weighted by molar-refractivity contribution is -0.137. The minimum absolute atomic E-state index is 0.0908. The highest BCUT2D eigenvalue weighted by atomic mass is 19.1. The largest absolute Gasteiger partial charge is 0.493 e. The highest BCUT2D eigenvalue weighted by Gasteiger charge is 2.20. The molecule has 1 unspecified atom stereocenters. The Morgan fingerprint density at radius 1 is 1.44 bits per heavy atom. The third-order valence-electron chi connectivity index (χ3n) is 2.32. The molecule has 7 heteroatoms. The quantitative estimate of drug-likeness (QED) is 0.726. The first-order chi connectivity index (χ1) is 8.36. The zero-order valence-electron chi connectivity index (χ0n) is 9.51. The summed E-state index contributed by atoms with van der Waals surface area (Å²) in [5.41, 5.74) is 5.24. The maximum atomic E-state index is 13.6. The van der Waals surface area contributed by atoms with E-state index in [1.54, 1.807) is 0 Å². The fraction of sp³-hybridized carbons (Fsp3) is 0.273. The Morgan fingerprint density at radius 2 is 2.06 bits per heavy atom. The van der Waals surface area contributed by atoms with Gasteiger partial charge < -0.3 is 20.7 Å². The van der Waals surface area contributed by atoms with Gasteiger partial charge in [-0.1, -0.05) is 0 Å². The molecule has 0 radical (unpaired) electrons. The van der Waals surface area contributed by atoms with E-state index in [4.69, 9.17) is 15.9 Å². The Kier molecular flexibility index (Phi) is 4.22. The molecule has 0 spiro atoms. The molecular formula is C11H12FNO5. The predicted octanol–water partition coefficient (Wildman–Crippen LogP) is 1.01. The van der Waals surface area contributed by atoms with E-state index in [1.165, 1.54) is 0 Å². The van der Waals surface area contributed by atoms with Crippen LogP contribution in [0, 0.1) is 5.82 Å². The number of carboxylic acid groups (broad SMARTS) is 2. The molecule has 0 fully saturated rings. The number of aliphatic carboxylic acids is 1. The summed E-state index contributed by atoms with van der Waals surface area (Å²) in [6, 6.07) is 1.09. The first-order valence-corrected chi connectivity index (χ1v) is 4.95. The van der Waals surface area contributed by atoms with Gasteiger partial charge in [-0.2, -0.15) is 0 Å². The van der Waals surface area contributed by atoms with Crippen molar-refractivity contribution in [3.8, 4) is 5.75 Å². The van der Waals surface area contributed by atoms with Crippen LogP contribution >= 0.6 is 0 Å². The number of hydrogen-bond donors (Lipinski definition) is 3. The smallest absolute Gasteiger partial charge is 0.339 e. The Bertz CT molecular complexity index is 489. The van der Waals surface area contributed by atoms with E-state index >= 15 is 0 Å². The second-order valence-electron chi connectivity index (χ2n) is 3.59. The summed E-state index contributed by atoms with van der Waals surface area (Å²) in [7, 11) is 1.14. The van der Waals surface area contributed by atoms with Crippen LogP contribution in [0.2, 0.25) is 0 Å². The monoisotopic (exact) mass is 257 g/mol. The van der Waals surface area contributed by atoms with Gasteiger partial charge in [0.25, 0.3) is 0 Å². The van der Waals surface area contributed by atoms with Crippen molar-refractivity contribution in [1.29, 1.82) is 0 Å². The Labute approximate surface area is 102 Å². The third-order valence-corrected chi connectivity index (χ3v) is 2.32. The SMILES string of the molecule is COc1c(F)cc(C(N)CC(=O)O)cc1C(=O)O. The van der Waals surface area contributed by atoms with Crippen LogP contribution in [0.15, 0.2) is 12.1 Å². The average Bonchev–Trinajstić information content (AvgIpc) is 2.26. The number of hydrogen-bond acceptors (Lipinski definition) is 4. The molecule has 0 aliphatic carbocycles. The average molecular weight is 257 g/mol. The second-order valence-corrected chi connectivity index (χ2v) is 3.59. The van der Waals surface area contributed by atoms with Gasteiger partial charge in [-0.05, 0) is 17.7 Å². The molecule has 0 heterocycles. The lowest BCUT2D eigenvalue weighted by Crippen LogP contribution is -2.16. The van der Waals surface area contributed by atoms with Crippen molar-refractivity contribution >= 4 is 11.9 Å². The number of ether oxygens (including phenoxy) is 1. The third kappa shape index (κ3) is 2.95. The lowest BCUT2D eigenvalue weighted by atomic mass is 10.0. The minimum Gasteiger partial charge on any atom is -0.493 e. The van der Waals surface area contributed by atoms with Crippen LogP contribution in [0.3, 0.4) is 0 Å². The number of benzene rings is 1. The van der Waals surface area contributed by atoms with Gasteiger partial charge in [-0.15, -0.1) is 0 Å². The van der Waals surface area contributed by atoms with E-state index in [9.17, 15) is 14.0 Å². The summed E-state index contributed by atoms with van der Waals surface area (Å²) in [5.74, 6) is -3.84. The van der Waals surface area contributed by atoms with Crippen LogP contribution in [0.5, 0.6) is 5.75 Å². The van der Waals surface area contributed by atoms with Crippen molar-refractivity contribution in [1.82, 2.24) is 0 Å². The first-order valence-electron chi connectivity index (χ1n) is 4.95. The number of carbonyl (C=O) groups is 2. The van der Waals surface area contributed by atoms with E-state index in [2.05, 4.69) is 4.74 Å². The number of aromatic carboxylic acids is 1. The molecule has 0 aliphatic heterocycles. The van der Waals surface area contributed by atoms with Gasteiger partial charge in [0.2, 0.25) is 0 Å². The van der Waals surface area contributed by atoms with Gasteiger partial charge in [0.05, 0.1) is 13.5 Å². The molecule has 0 saturated heterocycles. The van der Waals surface area contributed by atoms with Gasteiger partial charge in [0.1, 0.15) is 5.56 Å². The highest BCUT2D eigenvalue weighted by molar-refractivity contribution is 5.91. The standard InChI is InChI=1S/C11H12FNO5/c1-18-10-6(11(16)17)2-5(3-7(10)12)8(13)4-9(14)15/h2-3,8H,4,13H2,1H3,(H,14,15)(H,16,17). The molecule has 0 aliphatic rings. The molecule has 6 nitrogen and oxygen atoms in total. The van der Waals surface area contributed by atoms with Gasteiger partial charge in [-0.3, -0.25) is 4.79 Å². The molecule has 0 amide bonds. The topological polar surface area (TPSA) is 110 Å². The molecule has 1 rings (SSSR count). The molecule has 1 aromatic carbocycles. The number of methoxy groups -OCH3 is 1. The van der Waals surface area contributed by atoms with E-state index in [1.807, 2.05) is 0 Å². The first kappa shape index (κ1) is 13.9. The summed E-state index contributed by atoms with van der Waals surface area (Å²) in [6.45, 7) is 0. The van der Waals surface area contributed by atoms with Crippen LogP contribution in [0.25, 0.3) is 0 Å². The van der Waals surface area contributed by atoms with Crippen LogP contribution in [-0.2, 0) is 4.79 Å². The number of carboxylic acids is 2. The second kappa shape index (κ2) is 5.46. The molecule has 98 valence electrons. The zero-order valence-corrected chi connectivity index (χ0v) is 9.51. The van der Waals surface area contributed by atoms with E-state index < -0.39 is 41.5 Å². The zero-order chi connectivity index (χ0) is 13.9. The fourth-order valence-electron chi connectivity index (χ4n) is 1.50. The summed E-state index contributed by atoms with van der Waals surface area (Å²) in [5, 5.41) is 17.5. The Hall–Kier alpha value is -2.15. The van der Waals surface area contributed by atoms with Gasteiger partial charge in [0, 0.05) is 6.04 Å². The number of halogens is 1. The van der Waals surface area contributed by atoms with E-state index in [0.717, 1.165) is 19.2 Å². The molecule has 0 aromatic heterocycles. The normalized spacial score (nSPS) is 11.9. The highest BCUT2D eigenvalue weighted by Crippen LogP contribution is 2.27. The van der Waals surface area contributed by atoms with Crippen LogP contribution in [0.1, 0.15) is 28.4 Å². The summed E-state index contributed by atoms with van der Waals surface area (Å²) in [6.07, 6.45) is -0.426. The maximum absolute atomic E-state index is 13.6. The van der Waals surface area contributed by atoms with Gasteiger partial charge in [0.15, 0.2) is 11.6 Å². The molecule has 18 heavy (non-hydrogen) atoms. The Morgan fingerprint density at radius 3 is 2.50 bits per heavy atom. The van der Waals surface area contributed by atoms with E-state index in [-0.39, 0.29) is 5.56 Å². The predicted molar refractivity (Wildman–Crippen MR) is 59.1 cm³/mol. The molecule has 0 saturated carbocycles. The van der Waals surface area contributed by atoms with Crippen molar-refractivity contribution in [2.45, 2.75) is 12.5 Å². The van der Waals surface area contributed by atoms with Crippen LogP contribution < -0.4 is 10.5 Å². The molecular weight excluding hydrogens is 245 g/mol. The van der Waals surface area contributed by atoms with Crippen molar-refractivity contribution < 1.29 is 28.9 Å². The molecule has 0 bridgehead atoms. The van der Waals surface area contributed by atoms with Crippen molar-refractivity contribution in [2.75, 3.05) is 7.11 Å². The lowest BCUT2D eigenvalue weighted by Gasteiger charge is -2.13. The van der Waals surface area contributed by atoms with Crippen molar-refractivity contribution in [3.63, 3.8) is 0 Å². The van der Waals surface area contributed by atoms with Crippen LogP contribution in [-0.4, -0.2) is 29.3 Å². The summed E-state index contributed by atoms with van der Waals surface area (Å²) < 4.78 is 18.2. The number of nitrogens with two attached hydrogens (primary N) is 1. The van der Waals surface area contributed by atoms with Gasteiger partial charge >= 0.3 is 11.9 Å². The molecule has 1 atom stereocenters. The van der Waals surface area contributed by atoms with E-state index in [0.29, 0.717) is 0 Å². The molecule has 1 aromatic rings. The summed E-state index contributed by atoms with van der Waals surface area (Å²) in [4.78, 5) is 21.4. The van der Waals surface area contributed by atoms with Crippen LogP contribution in [0.4, 0.5) is 4.39 Å². The van der Waals surface area contributed by atoms with Crippen molar-refractivity contribution in [2.24, 2.45) is 5.73 Å². The van der Waals surface area contributed by atoms with Gasteiger partial charge in [-0.25, -0.2) is 9.18 Å². The fourth-order valence-corrected chi connectivity index (χ4v) is 1.50. The van der Waals surface area contributed by atoms with Crippen molar-refractivity contribution in [3.05, 3.63) is 29.1 Å². The molecule has 4 N–H and O–H groups in total. The summed E-state index contributed by atoms with van der Waals surface area (Å²) >= 11 is 0. The minimum atomic E-state index is -1.38. The maximum Gasteiger partial charge on any atom is 0.339 e. The number of rotatable bonds is 5. The Balaban J connectivity index is 3.24.